The second-order valence-electron chi connectivity index (χ2n) is 8.62. The Bertz CT molecular complexity index is 1560. The normalized spacial score (nSPS) is 13.3. The van der Waals surface area contributed by atoms with E-state index in [1.165, 1.54) is 5.69 Å². The first-order chi connectivity index (χ1) is 17.2. The molecule has 2 aromatic heterocycles. The van der Waals surface area contributed by atoms with Gasteiger partial charge in [-0.15, -0.1) is 0 Å². The zero-order chi connectivity index (χ0) is 23.9. The van der Waals surface area contributed by atoms with Crippen molar-refractivity contribution in [3.8, 4) is 16.9 Å². The fourth-order valence-electron chi connectivity index (χ4n) is 4.76. The Labute approximate surface area is 204 Å². The standard InChI is InChI=1S/C29H26N6/c1-4-34(5-2)21-17-15-20(16-18-21)30-26-23-13-9-10-14-24(23)27-28(26)31-25-19(3)33-35(29(25)32-27)22-11-7-6-8-12-22/h6-18H,4-5H2,1-3H3. The van der Waals surface area contributed by atoms with E-state index >= 15 is 0 Å². The summed E-state index contributed by atoms with van der Waals surface area (Å²) < 4.78 is 1.88. The number of nitrogens with zero attached hydrogens (tertiary/aromatic N) is 6. The Hall–Kier alpha value is -4.32. The van der Waals surface area contributed by atoms with Crippen LogP contribution in [0.1, 0.15) is 30.8 Å². The monoisotopic (exact) mass is 458 g/mol. The van der Waals surface area contributed by atoms with E-state index in [4.69, 9.17) is 20.1 Å². The molecule has 1 aliphatic carbocycles. The minimum absolute atomic E-state index is 0.757. The van der Waals surface area contributed by atoms with Crippen molar-refractivity contribution < 1.29 is 0 Å². The number of benzene rings is 3. The molecule has 2 heterocycles. The van der Waals surface area contributed by atoms with Crippen molar-refractivity contribution in [1.29, 1.82) is 0 Å². The summed E-state index contributed by atoms with van der Waals surface area (Å²) in [5, 5.41) is 4.76. The third-order valence-electron chi connectivity index (χ3n) is 6.55. The van der Waals surface area contributed by atoms with E-state index in [0.717, 1.165) is 69.5 Å². The van der Waals surface area contributed by atoms with Gasteiger partial charge in [0.2, 0.25) is 0 Å². The van der Waals surface area contributed by atoms with Crippen LogP contribution in [0.3, 0.4) is 0 Å². The lowest BCUT2D eigenvalue weighted by Gasteiger charge is -2.20. The number of hydrogen-bond donors (Lipinski definition) is 0. The number of aromatic nitrogens is 4. The average Bonchev–Trinajstić information content (AvgIpc) is 3.39. The highest BCUT2D eigenvalue weighted by atomic mass is 15.3. The Balaban J connectivity index is 1.52. The quantitative estimate of drug-likeness (QED) is 0.312. The molecule has 35 heavy (non-hydrogen) atoms. The first-order valence-electron chi connectivity index (χ1n) is 12.0. The molecular formula is C29H26N6. The van der Waals surface area contributed by atoms with Gasteiger partial charge in [-0.1, -0.05) is 42.5 Å². The molecule has 0 radical (unpaired) electrons. The van der Waals surface area contributed by atoms with Gasteiger partial charge in [0, 0.05) is 29.9 Å². The smallest absolute Gasteiger partial charge is 0.182 e. The number of aryl methyl sites for hydroxylation is 1. The van der Waals surface area contributed by atoms with E-state index in [2.05, 4.69) is 55.1 Å². The minimum Gasteiger partial charge on any atom is -0.372 e. The summed E-state index contributed by atoms with van der Waals surface area (Å²) in [6.45, 7) is 8.28. The van der Waals surface area contributed by atoms with Crippen molar-refractivity contribution >= 4 is 28.3 Å². The lowest BCUT2D eigenvalue weighted by Crippen LogP contribution is -2.21. The van der Waals surface area contributed by atoms with Gasteiger partial charge in [0.15, 0.2) is 5.65 Å². The molecule has 0 unspecified atom stereocenters. The number of rotatable bonds is 5. The molecule has 0 amide bonds. The second-order valence-corrected chi connectivity index (χ2v) is 8.62. The first kappa shape index (κ1) is 21.2. The minimum atomic E-state index is 0.757. The molecule has 0 spiro atoms. The maximum absolute atomic E-state index is 5.10. The summed E-state index contributed by atoms with van der Waals surface area (Å²) in [6.07, 6.45) is 0. The summed E-state index contributed by atoms with van der Waals surface area (Å²) >= 11 is 0. The molecule has 1 aliphatic rings. The topological polar surface area (TPSA) is 59.2 Å². The highest BCUT2D eigenvalue weighted by Crippen LogP contribution is 2.37. The van der Waals surface area contributed by atoms with Gasteiger partial charge in [-0.25, -0.2) is 19.6 Å². The van der Waals surface area contributed by atoms with Gasteiger partial charge in [0.05, 0.1) is 22.8 Å². The molecule has 172 valence electrons. The third-order valence-corrected chi connectivity index (χ3v) is 6.55. The zero-order valence-corrected chi connectivity index (χ0v) is 20.1. The second kappa shape index (κ2) is 8.47. The molecule has 0 N–H and O–H groups in total. The van der Waals surface area contributed by atoms with E-state index in [-0.39, 0.29) is 0 Å². The molecule has 0 saturated carbocycles. The van der Waals surface area contributed by atoms with Gasteiger partial charge in [-0.2, -0.15) is 5.10 Å². The molecule has 6 heteroatoms. The van der Waals surface area contributed by atoms with Crippen molar-refractivity contribution in [3.05, 3.63) is 95.8 Å². The van der Waals surface area contributed by atoms with Crippen LogP contribution in [0.5, 0.6) is 0 Å². The predicted molar refractivity (Wildman–Crippen MR) is 142 cm³/mol. The van der Waals surface area contributed by atoms with Crippen LogP contribution in [0.25, 0.3) is 28.1 Å². The van der Waals surface area contributed by atoms with Gasteiger partial charge >= 0.3 is 0 Å². The molecule has 0 fully saturated rings. The number of para-hydroxylation sites is 1. The van der Waals surface area contributed by atoms with E-state index in [0.29, 0.717) is 0 Å². The van der Waals surface area contributed by atoms with E-state index in [1.54, 1.807) is 0 Å². The number of hydrogen-bond acceptors (Lipinski definition) is 5. The van der Waals surface area contributed by atoms with Crippen molar-refractivity contribution in [2.24, 2.45) is 4.99 Å². The third kappa shape index (κ3) is 3.49. The van der Waals surface area contributed by atoms with Gasteiger partial charge in [-0.3, -0.25) is 0 Å². The van der Waals surface area contributed by atoms with Gasteiger partial charge in [0.25, 0.3) is 0 Å². The van der Waals surface area contributed by atoms with Crippen molar-refractivity contribution in [1.82, 2.24) is 19.7 Å². The predicted octanol–water partition coefficient (Wildman–Crippen LogP) is 6.12. The summed E-state index contributed by atoms with van der Waals surface area (Å²) in [6, 6.07) is 26.8. The molecule has 0 atom stereocenters. The average molecular weight is 459 g/mol. The number of fused-ring (bicyclic) bond motifs is 4. The largest absolute Gasteiger partial charge is 0.372 e. The first-order valence-corrected chi connectivity index (χ1v) is 12.0. The van der Waals surface area contributed by atoms with Gasteiger partial charge < -0.3 is 4.90 Å². The van der Waals surface area contributed by atoms with E-state index in [9.17, 15) is 0 Å². The molecule has 6 rings (SSSR count). The fourth-order valence-corrected chi connectivity index (χ4v) is 4.76. The van der Waals surface area contributed by atoms with Crippen molar-refractivity contribution in [2.75, 3.05) is 18.0 Å². The lowest BCUT2D eigenvalue weighted by atomic mass is 10.1. The number of anilines is 1. The Morgan fingerprint density at radius 2 is 1.46 bits per heavy atom. The van der Waals surface area contributed by atoms with Crippen molar-refractivity contribution in [2.45, 2.75) is 20.8 Å². The fraction of sp³-hybridized carbons (Fsp3) is 0.172. The van der Waals surface area contributed by atoms with Gasteiger partial charge in [0.1, 0.15) is 16.9 Å². The molecule has 0 aliphatic heterocycles. The summed E-state index contributed by atoms with van der Waals surface area (Å²) in [5.74, 6) is 0. The van der Waals surface area contributed by atoms with Crippen LogP contribution < -0.4 is 4.90 Å². The van der Waals surface area contributed by atoms with Crippen LogP contribution in [0.4, 0.5) is 11.4 Å². The molecule has 5 aromatic rings. The summed E-state index contributed by atoms with van der Waals surface area (Å²) in [4.78, 5) is 17.6. The maximum atomic E-state index is 5.10. The van der Waals surface area contributed by atoms with Crippen LogP contribution in [0.15, 0.2) is 83.9 Å². The Morgan fingerprint density at radius 3 is 2.17 bits per heavy atom. The van der Waals surface area contributed by atoms with Crippen LogP contribution in [-0.2, 0) is 0 Å². The Morgan fingerprint density at radius 1 is 0.771 bits per heavy atom. The SMILES string of the molecule is CCN(CC)c1ccc(N=C2c3ccccc3-c3nc4c(nc32)c(C)nn4-c2ccccc2)cc1. The molecule has 6 nitrogen and oxygen atoms in total. The lowest BCUT2D eigenvalue weighted by molar-refractivity contribution is 0.866. The Kier molecular flexibility index (Phi) is 5.14. The molecular weight excluding hydrogens is 432 g/mol. The van der Waals surface area contributed by atoms with Crippen LogP contribution in [-0.4, -0.2) is 38.5 Å². The van der Waals surface area contributed by atoms with Crippen LogP contribution in [0, 0.1) is 6.92 Å². The zero-order valence-electron chi connectivity index (χ0n) is 20.1. The van der Waals surface area contributed by atoms with Crippen LogP contribution >= 0.6 is 0 Å². The molecule has 0 saturated heterocycles. The van der Waals surface area contributed by atoms with E-state index < -0.39 is 0 Å². The maximum Gasteiger partial charge on any atom is 0.182 e. The van der Waals surface area contributed by atoms with E-state index in [1.807, 2.05) is 54.1 Å². The molecule has 3 aromatic carbocycles. The van der Waals surface area contributed by atoms with Crippen LogP contribution in [0.2, 0.25) is 0 Å². The van der Waals surface area contributed by atoms with Gasteiger partial charge in [-0.05, 0) is 57.2 Å². The highest BCUT2D eigenvalue weighted by molar-refractivity contribution is 6.24. The summed E-state index contributed by atoms with van der Waals surface area (Å²) in [7, 11) is 0. The summed E-state index contributed by atoms with van der Waals surface area (Å²) in [5.41, 5.74) is 10.1. The van der Waals surface area contributed by atoms with Crippen molar-refractivity contribution in [3.63, 3.8) is 0 Å². The molecule has 0 bridgehead atoms. The highest BCUT2D eigenvalue weighted by Gasteiger charge is 2.30. The number of aliphatic imine (C=N–C) groups is 1.